The highest BCUT2D eigenvalue weighted by molar-refractivity contribution is 5.65. The Morgan fingerprint density at radius 3 is 2.33 bits per heavy atom. The third kappa shape index (κ3) is 1.81. The number of alkyl halides is 3. The molecule has 0 spiro atoms. The molecule has 0 radical (unpaired) electrons. The Labute approximate surface area is 111 Å². The lowest BCUT2D eigenvalue weighted by atomic mass is 10.0. The minimum atomic E-state index is -4.63. The van der Waals surface area contributed by atoms with E-state index < -0.39 is 38.8 Å². The molecule has 0 saturated heterocycles. The summed E-state index contributed by atoms with van der Waals surface area (Å²) in [6.45, 7) is 0. The van der Waals surface area contributed by atoms with Gasteiger partial charge in [0.15, 0.2) is 0 Å². The normalized spacial score (nSPS) is 13.3. The van der Waals surface area contributed by atoms with Crippen molar-refractivity contribution in [2.24, 2.45) is 0 Å². The third-order valence-corrected chi connectivity index (χ3v) is 5.73. The van der Waals surface area contributed by atoms with E-state index in [2.05, 4.69) is 0 Å². The molecule has 0 unspecified atom stereocenters. The molecular weight excluding hydrogens is 359 g/mol. The van der Waals surface area contributed by atoms with Gasteiger partial charge in [0, 0.05) is 17.2 Å². The number of rotatable bonds is 0. The number of halogens is 5. The van der Waals surface area contributed by atoms with Gasteiger partial charge in [-0.1, -0.05) is 12.1 Å². The molecule has 1 aliphatic heterocycles. The Morgan fingerprint density at radius 1 is 0.889 bits per heavy atom. The van der Waals surface area contributed by atoms with Crippen molar-refractivity contribution in [1.82, 2.24) is 0 Å². The summed E-state index contributed by atoms with van der Waals surface area (Å²) in [7, 11) is 0. The van der Waals surface area contributed by atoms with Gasteiger partial charge < -0.3 is 0 Å². The summed E-state index contributed by atoms with van der Waals surface area (Å²) in [6.07, 6.45) is -4.63. The second kappa shape index (κ2) is 3.94. The first-order valence-electron chi connectivity index (χ1n) is 5.12. The molecule has 5 heteroatoms. The van der Waals surface area contributed by atoms with Crippen LogP contribution in [0.25, 0.3) is 11.1 Å². The van der Waals surface area contributed by atoms with E-state index in [1.807, 2.05) is 24.3 Å². The third-order valence-electron chi connectivity index (χ3n) is 2.73. The second-order valence-electron chi connectivity index (χ2n) is 3.88. The van der Waals surface area contributed by atoms with Gasteiger partial charge in [-0.15, -0.1) is 0 Å². The van der Waals surface area contributed by atoms with Gasteiger partial charge >= 0.3 is 27.4 Å². The lowest BCUT2D eigenvalue weighted by Crippen LogP contribution is -3.61. The lowest BCUT2D eigenvalue weighted by molar-refractivity contribution is -0.590. The Kier molecular flexibility index (Phi) is 2.62. The first-order chi connectivity index (χ1) is 8.47. The van der Waals surface area contributed by atoms with Gasteiger partial charge in [0.1, 0.15) is 5.82 Å². The summed E-state index contributed by atoms with van der Waals surface area (Å²) in [5, 5.41) is 0. The standard InChI is InChI=1S/C13H6F4I/c14-10-5-8-7-3-1-2-4-11(7)18-12(8)6-9(10)13(15,16)17/h1-6H/q+1. The Bertz CT molecular complexity index is 631. The van der Waals surface area contributed by atoms with Crippen LogP contribution >= 0.6 is 0 Å². The molecular formula is C13H6F4I+. The summed E-state index contributed by atoms with van der Waals surface area (Å²) >= 11 is -0.642. The van der Waals surface area contributed by atoms with Gasteiger partial charge in [0.05, 0.1) is 5.56 Å². The molecule has 2 aromatic carbocycles. The molecule has 0 nitrogen and oxygen atoms in total. The first kappa shape index (κ1) is 12.0. The number of benzene rings is 2. The van der Waals surface area contributed by atoms with E-state index in [1.54, 1.807) is 0 Å². The summed E-state index contributed by atoms with van der Waals surface area (Å²) in [5.41, 5.74) is 0.325. The predicted octanol–water partition coefficient (Wildman–Crippen LogP) is 0.953. The molecule has 0 aliphatic carbocycles. The number of hydrogen-bond donors (Lipinski definition) is 0. The molecule has 0 N–H and O–H groups in total. The van der Waals surface area contributed by atoms with Gasteiger partial charge in [-0.05, 0) is 18.2 Å². The largest absolute Gasteiger partial charge is 0.419 e. The quantitative estimate of drug-likeness (QED) is 0.411. The predicted molar refractivity (Wildman–Crippen MR) is 54.2 cm³/mol. The molecule has 0 amide bonds. The van der Waals surface area contributed by atoms with Gasteiger partial charge in [-0.2, -0.15) is 13.2 Å². The molecule has 3 rings (SSSR count). The molecule has 0 saturated carbocycles. The van der Waals surface area contributed by atoms with E-state index in [0.29, 0.717) is 9.13 Å². The Balaban J connectivity index is 2.20. The van der Waals surface area contributed by atoms with Gasteiger partial charge in [0.25, 0.3) is 0 Å². The van der Waals surface area contributed by atoms with E-state index in [1.165, 1.54) is 0 Å². The summed E-state index contributed by atoms with van der Waals surface area (Å²) in [6, 6.07) is 9.38. The van der Waals surface area contributed by atoms with E-state index in [-0.39, 0.29) is 0 Å². The van der Waals surface area contributed by atoms with Crippen LogP contribution in [0.15, 0.2) is 36.4 Å². The molecule has 0 bridgehead atoms. The Hall–Kier alpha value is -1.11. The van der Waals surface area contributed by atoms with Crippen molar-refractivity contribution in [2.75, 3.05) is 0 Å². The fraction of sp³-hybridized carbons (Fsp3) is 0.0769. The minimum Gasteiger partial charge on any atom is -0.206 e. The topological polar surface area (TPSA) is 0 Å². The highest BCUT2D eigenvalue weighted by Crippen LogP contribution is 2.34. The molecule has 1 aliphatic rings. The second-order valence-corrected chi connectivity index (χ2v) is 6.75. The Morgan fingerprint density at radius 2 is 1.61 bits per heavy atom. The van der Waals surface area contributed by atoms with E-state index >= 15 is 0 Å². The van der Waals surface area contributed by atoms with Crippen LogP contribution in [0, 0.1) is 13.0 Å². The van der Waals surface area contributed by atoms with E-state index in [4.69, 9.17) is 0 Å². The summed E-state index contributed by atoms with van der Waals surface area (Å²) in [4.78, 5) is 0. The molecule has 1 heterocycles. The smallest absolute Gasteiger partial charge is 0.206 e. The van der Waals surface area contributed by atoms with Crippen LogP contribution in [-0.2, 0) is 6.18 Å². The zero-order chi connectivity index (χ0) is 12.9. The monoisotopic (exact) mass is 365 g/mol. The van der Waals surface area contributed by atoms with Gasteiger partial charge in [-0.3, -0.25) is 0 Å². The average molecular weight is 365 g/mol. The molecule has 18 heavy (non-hydrogen) atoms. The van der Waals surface area contributed by atoms with Crippen molar-refractivity contribution in [1.29, 1.82) is 0 Å². The maximum atomic E-state index is 13.5. The maximum absolute atomic E-state index is 13.5. The van der Waals surface area contributed by atoms with Crippen LogP contribution in [0.2, 0.25) is 0 Å². The summed E-state index contributed by atoms with van der Waals surface area (Å²) in [5.74, 6) is -1.19. The molecule has 0 atom stereocenters. The minimum absolute atomic E-state index is 0.615. The van der Waals surface area contributed by atoms with Crippen molar-refractivity contribution in [2.45, 2.75) is 6.18 Å². The van der Waals surface area contributed by atoms with Crippen molar-refractivity contribution in [3.63, 3.8) is 0 Å². The first-order valence-corrected chi connectivity index (χ1v) is 7.27. The maximum Gasteiger partial charge on any atom is 0.419 e. The molecule has 2 aromatic rings. The van der Waals surface area contributed by atoms with Crippen molar-refractivity contribution in [3.8, 4) is 11.1 Å². The fourth-order valence-corrected chi connectivity index (χ4v) is 4.90. The molecule has 0 fully saturated rings. The van der Waals surface area contributed by atoms with Gasteiger partial charge in [-0.25, -0.2) is 4.39 Å². The zero-order valence-corrected chi connectivity index (χ0v) is 11.0. The average Bonchev–Trinajstić information content (AvgIpc) is 2.65. The zero-order valence-electron chi connectivity index (χ0n) is 8.85. The van der Waals surface area contributed by atoms with Crippen LogP contribution in [0.3, 0.4) is 0 Å². The van der Waals surface area contributed by atoms with E-state index in [0.717, 1.165) is 21.3 Å². The van der Waals surface area contributed by atoms with Crippen LogP contribution in [0.5, 0.6) is 0 Å². The van der Waals surface area contributed by atoms with Crippen molar-refractivity contribution < 1.29 is 38.8 Å². The van der Waals surface area contributed by atoms with Crippen molar-refractivity contribution in [3.05, 3.63) is 54.9 Å². The highest BCUT2D eigenvalue weighted by atomic mass is 127. The van der Waals surface area contributed by atoms with Crippen LogP contribution in [-0.4, -0.2) is 0 Å². The van der Waals surface area contributed by atoms with Crippen molar-refractivity contribution >= 4 is 0 Å². The number of fused-ring (bicyclic) bond motifs is 3. The van der Waals surface area contributed by atoms with Crippen LogP contribution < -0.4 is 21.2 Å². The highest BCUT2D eigenvalue weighted by Gasteiger charge is 2.40. The number of hydrogen-bond acceptors (Lipinski definition) is 0. The summed E-state index contributed by atoms with van der Waals surface area (Å²) < 4.78 is 53.1. The van der Waals surface area contributed by atoms with Crippen LogP contribution in [0.1, 0.15) is 5.56 Å². The molecule has 92 valence electrons. The van der Waals surface area contributed by atoms with Crippen LogP contribution in [0.4, 0.5) is 17.6 Å². The lowest BCUT2D eigenvalue weighted by Gasteiger charge is -2.07. The molecule has 0 aromatic heterocycles. The fourth-order valence-electron chi connectivity index (χ4n) is 1.92. The SMILES string of the molecule is Fc1cc2c(cc1C(F)(F)F)[I+]c1ccccc1-2. The van der Waals surface area contributed by atoms with Gasteiger partial charge in [0.2, 0.25) is 7.14 Å². The van der Waals surface area contributed by atoms with E-state index in [9.17, 15) is 17.6 Å².